The number of nitrogens with zero attached hydrogens (tertiary/aromatic N) is 3. The van der Waals surface area contributed by atoms with Gasteiger partial charge in [0, 0.05) is 26.2 Å². The zero-order valence-corrected chi connectivity index (χ0v) is 13.6. The highest BCUT2D eigenvalue weighted by molar-refractivity contribution is 5.81. The highest BCUT2D eigenvalue weighted by atomic mass is 19.4. The molecule has 5 nitrogen and oxygen atoms in total. The molecule has 0 spiro atoms. The third-order valence-electron chi connectivity index (χ3n) is 4.12. The second kappa shape index (κ2) is 6.85. The monoisotopic (exact) mass is 372 g/mol. The SMILES string of the molecule is Cc1cc(CN2C[C@H](NC(=O)C(F)(F)F)CC[C@H]2C(F)(F)F)n(C)n1. The normalized spacial score (nSPS) is 22.9. The van der Waals surface area contributed by atoms with Crippen LogP contribution in [0, 0.1) is 6.92 Å². The highest BCUT2D eigenvalue weighted by Crippen LogP contribution is 2.33. The van der Waals surface area contributed by atoms with Crippen LogP contribution in [0.3, 0.4) is 0 Å². The minimum absolute atomic E-state index is 0.125. The minimum atomic E-state index is -5.06. The van der Waals surface area contributed by atoms with E-state index in [4.69, 9.17) is 0 Å². The molecule has 1 aliphatic heterocycles. The zero-order valence-electron chi connectivity index (χ0n) is 13.6. The number of alkyl halides is 6. The molecule has 1 aliphatic rings. The van der Waals surface area contributed by atoms with Gasteiger partial charge >= 0.3 is 18.3 Å². The molecule has 11 heteroatoms. The van der Waals surface area contributed by atoms with Crippen molar-refractivity contribution >= 4 is 5.91 Å². The highest BCUT2D eigenvalue weighted by Gasteiger charge is 2.47. The molecule has 1 amide bonds. The number of aromatic nitrogens is 2. The number of carbonyl (C=O) groups is 1. The summed E-state index contributed by atoms with van der Waals surface area (Å²) in [5, 5.41) is 5.82. The van der Waals surface area contributed by atoms with E-state index in [1.165, 1.54) is 4.68 Å². The summed E-state index contributed by atoms with van der Waals surface area (Å²) in [7, 11) is 1.58. The van der Waals surface area contributed by atoms with Gasteiger partial charge in [0.15, 0.2) is 0 Å². The fourth-order valence-corrected chi connectivity index (χ4v) is 2.99. The average molecular weight is 372 g/mol. The van der Waals surface area contributed by atoms with Crippen LogP contribution in [0.2, 0.25) is 0 Å². The number of hydrogen-bond acceptors (Lipinski definition) is 3. The van der Waals surface area contributed by atoms with Gasteiger partial charge < -0.3 is 5.32 Å². The Labute approximate surface area is 140 Å². The Balaban J connectivity index is 2.14. The quantitative estimate of drug-likeness (QED) is 0.829. The van der Waals surface area contributed by atoms with Gasteiger partial charge in [0.25, 0.3) is 0 Å². The lowest BCUT2D eigenvalue weighted by atomic mass is 9.97. The summed E-state index contributed by atoms with van der Waals surface area (Å²) in [4.78, 5) is 12.1. The molecule has 1 aromatic rings. The fraction of sp³-hybridized carbons (Fsp3) is 0.714. The van der Waals surface area contributed by atoms with Crippen LogP contribution in [0.15, 0.2) is 6.07 Å². The molecule has 1 fully saturated rings. The Kier molecular flexibility index (Phi) is 5.35. The van der Waals surface area contributed by atoms with Crippen LogP contribution in [-0.2, 0) is 18.4 Å². The molecule has 2 atom stereocenters. The smallest absolute Gasteiger partial charge is 0.344 e. The number of rotatable bonds is 3. The number of hydrogen-bond donors (Lipinski definition) is 1. The molecule has 0 aliphatic carbocycles. The van der Waals surface area contributed by atoms with Gasteiger partial charge in [-0.05, 0) is 25.8 Å². The van der Waals surface area contributed by atoms with Crippen LogP contribution in [0.5, 0.6) is 0 Å². The molecule has 0 saturated carbocycles. The zero-order chi connectivity index (χ0) is 19.0. The maximum atomic E-state index is 13.2. The van der Waals surface area contributed by atoms with E-state index in [0.29, 0.717) is 11.4 Å². The van der Waals surface area contributed by atoms with E-state index < -0.39 is 30.3 Å². The number of carbonyl (C=O) groups excluding carboxylic acids is 1. The molecular weight excluding hydrogens is 354 g/mol. The van der Waals surface area contributed by atoms with E-state index in [9.17, 15) is 31.1 Å². The maximum Gasteiger partial charge on any atom is 0.471 e. The molecule has 0 aromatic carbocycles. The molecule has 142 valence electrons. The van der Waals surface area contributed by atoms with Crippen molar-refractivity contribution in [3.63, 3.8) is 0 Å². The number of nitrogens with one attached hydrogen (secondary N) is 1. The van der Waals surface area contributed by atoms with Gasteiger partial charge in [-0.25, -0.2) is 0 Å². The second-order valence-electron chi connectivity index (χ2n) is 6.13. The summed E-state index contributed by atoms with van der Waals surface area (Å²) in [6.07, 6.45) is -10.1. The van der Waals surface area contributed by atoms with E-state index in [0.717, 1.165) is 4.90 Å². The van der Waals surface area contributed by atoms with Gasteiger partial charge in [0.1, 0.15) is 6.04 Å². The Morgan fingerprint density at radius 3 is 2.40 bits per heavy atom. The van der Waals surface area contributed by atoms with Crippen LogP contribution < -0.4 is 5.32 Å². The van der Waals surface area contributed by atoms with Gasteiger partial charge in [0.05, 0.1) is 11.4 Å². The average Bonchev–Trinajstić information content (AvgIpc) is 2.74. The van der Waals surface area contributed by atoms with Crippen LogP contribution in [0.4, 0.5) is 26.3 Å². The van der Waals surface area contributed by atoms with Crippen LogP contribution in [0.1, 0.15) is 24.2 Å². The first kappa shape index (κ1) is 19.5. The molecule has 0 radical (unpaired) electrons. The third kappa shape index (κ3) is 4.86. The van der Waals surface area contributed by atoms with E-state index in [1.807, 2.05) is 0 Å². The Hall–Kier alpha value is -1.78. The van der Waals surface area contributed by atoms with Crippen molar-refractivity contribution in [2.45, 2.75) is 50.7 Å². The van der Waals surface area contributed by atoms with Crippen LogP contribution >= 0.6 is 0 Å². The van der Waals surface area contributed by atoms with Crippen LogP contribution in [0.25, 0.3) is 0 Å². The van der Waals surface area contributed by atoms with Crippen molar-refractivity contribution in [3.8, 4) is 0 Å². The number of aryl methyl sites for hydroxylation is 2. The number of amides is 1. The Morgan fingerprint density at radius 2 is 1.92 bits per heavy atom. The largest absolute Gasteiger partial charge is 0.471 e. The van der Waals surface area contributed by atoms with Gasteiger partial charge in [-0.3, -0.25) is 14.4 Å². The van der Waals surface area contributed by atoms with Crippen molar-refractivity contribution in [2.24, 2.45) is 7.05 Å². The summed E-state index contributed by atoms with van der Waals surface area (Å²) in [5.74, 6) is -2.14. The fourth-order valence-electron chi connectivity index (χ4n) is 2.99. The van der Waals surface area contributed by atoms with Crippen molar-refractivity contribution in [1.82, 2.24) is 20.0 Å². The number of piperidine rings is 1. The molecular formula is C14H18F6N4O. The van der Waals surface area contributed by atoms with E-state index >= 15 is 0 Å². The van der Waals surface area contributed by atoms with Crippen molar-refractivity contribution in [1.29, 1.82) is 0 Å². The van der Waals surface area contributed by atoms with E-state index in [2.05, 4.69) is 5.10 Å². The summed E-state index contributed by atoms with van der Waals surface area (Å²) in [6, 6.07) is -1.16. The lowest BCUT2D eigenvalue weighted by Crippen LogP contribution is -2.57. The molecule has 1 saturated heterocycles. The molecule has 1 N–H and O–H groups in total. The Morgan fingerprint density at radius 1 is 1.28 bits per heavy atom. The first-order chi connectivity index (χ1) is 11.4. The van der Waals surface area contributed by atoms with Gasteiger partial charge in [-0.15, -0.1) is 0 Å². The molecule has 25 heavy (non-hydrogen) atoms. The van der Waals surface area contributed by atoms with Gasteiger partial charge in [-0.2, -0.15) is 31.4 Å². The summed E-state index contributed by atoms with van der Waals surface area (Å²) < 4.78 is 78.2. The summed E-state index contributed by atoms with van der Waals surface area (Å²) in [5.41, 5.74) is 1.13. The predicted molar refractivity (Wildman–Crippen MR) is 75.4 cm³/mol. The molecule has 1 aromatic heterocycles. The number of halogens is 6. The topological polar surface area (TPSA) is 50.2 Å². The van der Waals surface area contributed by atoms with Gasteiger partial charge in [0.2, 0.25) is 0 Å². The predicted octanol–water partition coefficient (Wildman–Crippen LogP) is 2.30. The molecule has 2 rings (SSSR count). The van der Waals surface area contributed by atoms with Crippen molar-refractivity contribution in [2.75, 3.05) is 6.54 Å². The minimum Gasteiger partial charge on any atom is -0.344 e. The molecule has 0 bridgehead atoms. The summed E-state index contributed by atoms with van der Waals surface area (Å²) in [6.45, 7) is 1.24. The Bertz CT molecular complexity index is 624. The van der Waals surface area contributed by atoms with Crippen LogP contribution in [-0.4, -0.2) is 51.6 Å². The van der Waals surface area contributed by atoms with E-state index in [-0.39, 0.29) is 25.9 Å². The lowest BCUT2D eigenvalue weighted by molar-refractivity contribution is -0.196. The summed E-state index contributed by atoms with van der Waals surface area (Å²) >= 11 is 0. The number of likely N-dealkylation sites (tertiary alicyclic amines) is 1. The van der Waals surface area contributed by atoms with Crippen molar-refractivity contribution in [3.05, 3.63) is 17.5 Å². The second-order valence-corrected chi connectivity index (χ2v) is 6.13. The maximum absolute atomic E-state index is 13.2. The molecule has 0 unspecified atom stereocenters. The molecule has 2 heterocycles. The van der Waals surface area contributed by atoms with E-state index in [1.54, 1.807) is 25.4 Å². The first-order valence-corrected chi connectivity index (χ1v) is 7.56. The lowest BCUT2D eigenvalue weighted by Gasteiger charge is -2.40. The first-order valence-electron chi connectivity index (χ1n) is 7.56. The standard InChI is InChI=1S/C14H18F6N4O/c1-8-5-10(23(2)22-8)7-24-6-9(21-12(25)14(18,19)20)3-4-11(24)13(15,16)17/h5,9,11H,3-4,6-7H2,1-2H3,(H,21,25)/t9-,11+/m1/s1. The third-order valence-corrected chi connectivity index (χ3v) is 4.12. The van der Waals surface area contributed by atoms with Gasteiger partial charge in [-0.1, -0.05) is 0 Å². The van der Waals surface area contributed by atoms with Crippen molar-refractivity contribution < 1.29 is 31.1 Å².